The highest BCUT2D eigenvalue weighted by atomic mass is 16.5. The molecule has 0 spiro atoms. The van der Waals surface area contributed by atoms with Crippen molar-refractivity contribution >= 4 is 11.6 Å². The highest BCUT2D eigenvalue weighted by Gasteiger charge is 2.23. The minimum absolute atomic E-state index is 0.0492. The summed E-state index contributed by atoms with van der Waals surface area (Å²) in [5.41, 5.74) is 1.74. The monoisotopic (exact) mass is 423 g/mol. The predicted octanol–water partition coefficient (Wildman–Crippen LogP) is 2.06. The largest absolute Gasteiger partial charge is 0.495 e. The first-order valence-corrected chi connectivity index (χ1v) is 11.3. The Morgan fingerprint density at radius 3 is 2.16 bits per heavy atom. The summed E-state index contributed by atoms with van der Waals surface area (Å²) in [5.74, 6) is 1.00. The smallest absolute Gasteiger partial charge is 0.272 e. The molecule has 1 aromatic heterocycles. The third-order valence-electron chi connectivity index (χ3n) is 6.29. The highest BCUT2D eigenvalue weighted by Crippen LogP contribution is 2.28. The number of nitrogens with zero attached hydrogens (tertiary/aromatic N) is 5. The first-order chi connectivity index (χ1) is 15.2. The molecule has 7 nitrogen and oxygen atoms in total. The van der Waals surface area contributed by atoms with Crippen LogP contribution in [0, 0.1) is 0 Å². The van der Waals surface area contributed by atoms with Crippen LogP contribution in [0.4, 0.5) is 5.69 Å². The van der Waals surface area contributed by atoms with E-state index in [0.717, 1.165) is 71.2 Å². The van der Waals surface area contributed by atoms with E-state index in [9.17, 15) is 4.79 Å². The summed E-state index contributed by atoms with van der Waals surface area (Å²) in [6, 6.07) is 13.8. The number of piperazine rings is 2. The molecule has 166 valence electrons. The summed E-state index contributed by atoms with van der Waals surface area (Å²) in [6.45, 7) is 9.93. The van der Waals surface area contributed by atoms with Gasteiger partial charge in [0, 0.05) is 58.6 Å². The van der Waals surface area contributed by atoms with E-state index < -0.39 is 0 Å². The van der Waals surface area contributed by atoms with Crippen LogP contribution in [0.3, 0.4) is 0 Å². The van der Waals surface area contributed by atoms with Gasteiger partial charge in [-0.1, -0.05) is 18.2 Å². The molecule has 1 aromatic carbocycles. The maximum absolute atomic E-state index is 12.5. The van der Waals surface area contributed by atoms with Gasteiger partial charge in [-0.2, -0.15) is 0 Å². The third kappa shape index (κ3) is 5.54. The van der Waals surface area contributed by atoms with E-state index in [1.807, 2.05) is 29.2 Å². The van der Waals surface area contributed by atoms with Crippen molar-refractivity contribution in [1.29, 1.82) is 0 Å². The Balaban J connectivity index is 1.14. The summed E-state index contributed by atoms with van der Waals surface area (Å²) in [4.78, 5) is 26.1. The SMILES string of the molecule is COc1ccccc1N1CCN(CCCN2CCN(C(=O)c3ccccn3)CC2)CC1. The Hall–Kier alpha value is -2.64. The number of carbonyl (C=O) groups excluding carboxylic acids is 1. The number of benzene rings is 1. The summed E-state index contributed by atoms with van der Waals surface area (Å²) in [7, 11) is 1.74. The summed E-state index contributed by atoms with van der Waals surface area (Å²) < 4.78 is 5.52. The number of hydrogen-bond donors (Lipinski definition) is 0. The van der Waals surface area contributed by atoms with Crippen molar-refractivity contribution in [1.82, 2.24) is 19.7 Å². The molecule has 0 unspecified atom stereocenters. The Labute approximate surface area is 185 Å². The van der Waals surface area contributed by atoms with Crippen LogP contribution in [0.2, 0.25) is 0 Å². The molecule has 0 saturated carbocycles. The van der Waals surface area contributed by atoms with Gasteiger partial charge in [0.15, 0.2) is 0 Å². The minimum Gasteiger partial charge on any atom is -0.495 e. The predicted molar refractivity (Wildman–Crippen MR) is 123 cm³/mol. The Morgan fingerprint density at radius 2 is 1.52 bits per heavy atom. The van der Waals surface area contributed by atoms with Crippen molar-refractivity contribution in [3.05, 3.63) is 54.4 Å². The van der Waals surface area contributed by atoms with E-state index in [1.54, 1.807) is 19.4 Å². The number of hydrogen-bond acceptors (Lipinski definition) is 6. The zero-order valence-corrected chi connectivity index (χ0v) is 18.4. The molecule has 0 aliphatic carbocycles. The molecule has 2 aromatic rings. The van der Waals surface area contributed by atoms with Crippen LogP contribution in [0.15, 0.2) is 48.7 Å². The van der Waals surface area contributed by atoms with Crippen molar-refractivity contribution in [2.75, 3.05) is 77.5 Å². The Kier molecular flexibility index (Phi) is 7.38. The molecular weight excluding hydrogens is 390 g/mol. The molecule has 2 aliphatic rings. The van der Waals surface area contributed by atoms with Crippen LogP contribution in [0.5, 0.6) is 5.75 Å². The standard InChI is InChI=1S/C24H33N5O2/c1-31-23-9-3-2-8-22(23)28-17-13-26(14-18-28)11-6-12-27-15-19-29(20-16-27)24(30)21-7-4-5-10-25-21/h2-5,7-10H,6,11-20H2,1H3. The molecule has 2 saturated heterocycles. The first kappa shape index (κ1) is 21.6. The quantitative estimate of drug-likeness (QED) is 0.680. The molecule has 0 radical (unpaired) electrons. The lowest BCUT2D eigenvalue weighted by Gasteiger charge is -2.37. The normalized spacial score (nSPS) is 18.2. The van der Waals surface area contributed by atoms with Crippen molar-refractivity contribution in [2.45, 2.75) is 6.42 Å². The summed E-state index contributed by atoms with van der Waals surface area (Å²) >= 11 is 0. The molecule has 2 aliphatic heterocycles. The maximum atomic E-state index is 12.5. The number of methoxy groups -OCH3 is 1. The fraction of sp³-hybridized carbons (Fsp3) is 0.500. The molecule has 1 amide bonds. The average Bonchev–Trinajstić information content (AvgIpc) is 2.85. The second-order valence-electron chi connectivity index (χ2n) is 8.20. The van der Waals surface area contributed by atoms with Gasteiger partial charge in [0.2, 0.25) is 0 Å². The van der Waals surface area contributed by atoms with E-state index in [2.05, 4.69) is 31.8 Å². The number of aromatic nitrogens is 1. The van der Waals surface area contributed by atoms with Crippen LogP contribution in [-0.2, 0) is 0 Å². The minimum atomic E-state index is 0.0492. The fourth-order valence-electron chi connectivity index (χ4n) is 4.45. The number of para-hydroxylation sites is 2. The summed E-state index contributed by atoms with van der Waals surface area (Å²) in [6.07, 6.45) is 2.85. The van der Waals surface area contributed by atoms with Gasteiger partial charge in [0.25, 0.3) is 5.91 Å². The third-order valence-corrected chi connectivity index (χ3v) is 6.29. The molecule has 4 rings (SSSR count). The van der Waals surface area contributed by atoms with Gasteiger partial charge in [0.1, 0.15) is 11.4 Å². The van der Waals surface area contributed by atoms with Crippen LogP contribution in [-0.4, -0.2) is 98.1 Å². The molecule has 3 heterocycles. The number of carbonyl (C=O) groups is 1. The fourth-order valence-corrected chi connectivity index (χ4v) is 4.45. The van der Waals surface area contributed by atoms with Gasteiger partial charge in [-0.15, -0.1) is 0 Å². The van der Waals surface area contributed by atoms with Gasteiger partial charge in [-0.25, -0.2) is 0 Å². The van der Waals surface area contributed by atoms with Gasteiger partial charge < -0.3 is 14.5 Å². The molecule has 7 heteroatoms. The Morgan fingerprint density at radius 1 is 0.871 bits per heavy atom. The van der Waals surface area contributed by atoms with Crippen molar-refractivity contribution < 1.29 is 9.53 Å². The molecule has 0 bridgehead atoms. The van der Waals surface area contributed by atoms with Gasteiger partial charge in [-0.05, 0) is 43.8 Å². The van der Waals surface area contributed by atoms with Crippen LogP contribution < -0.4 is 9.64 Å². The van der Waals surface area contributed by atoms with E-state index in [4.69, 9.17) is 4.74 Å². The van der Waals surface area contributed by atoms with Crippen molar-refractivity contribution in [3.8, 4) is 5.75 Å². The molecule has 0 atom stereocenters. The van der Waals surface area contributed by atoms with Crippen molar-refractivity contribution in [3.63, 3.8) is 0 Å². The number of pyridine rings is 1. The van der Waals surface area contributed by atoms with Gasteiger partial charge in [-0.3, -0.25) is 19.6 Å². The van der Waals surface area contributed by atoms with E-state index in [-0.39, 0.29) is 5.91 Å². The molecule has 0 N–H and O–H groups in total. The highest BCUT2D eigenvalue weighted by molar-refractivity contribution is 5.92. The lowest BCUT2D eigenvalue weighted by Crippen LogP contribution is -2.50. The second-order valence-corrected chi connectivity index (χ2v) is 8.20. The lowest BCUT2D eigenvalue weighted by atomic mass is 10.2. The Bertz CT molecular complexity index is 831. The zero-order chi connectivity index (χ0) is 21.5. The summed E-state index contributed by atoms with van der Waals surface area (Å²) in [5, 5.41) is 0. The van der Waals surface area contributed by atoms with Crippen LogP contribution in [0.1, 0.15) is 16.9 Å². The number of amides is 1. The zero-order valence-electron chi connectivity index (χ0n) is 18.4. The first-order valence-electron chi connectivity index (χ1n) is 11.3. The number of rotatable bonds is 7. The second kappa shape index (κ2) is 10.6. The number of ether oxygens (including phenoxy) is 1. The van der Waals surface area contributed by atoms with Crippen molar-refractivity contribution in [2.24, 2.45) is 0 Å². The topological polar surface area (TPSA) is 52.2 Å². The average molecular weight is 424 g/mol. The van der Waals surface area contributed by atoms with Gasteiger partial charge >= 0.3 is 0 Å². The molecule has 31 heavy (non-hydrogen) atoms. The molecular formula is C24H33N5O2. The lowest BCUT2D eigenvalue weighted by molar-refractivity contribution is 0.0626. The maximum Gasteiger partial charge on any atom is 0.272 e. The van der Waals surface area contributed by atoms with Gasteiger partial charge in [0.05, 0.1) is 12.8 Å². The number of anilines is 1. The molecule has 2 fully saturated rings. The van der Waals surface area contributed by atoms with E-state index >= 15 is 0 Å². The van der Waals surface area contributed by atoms with Crippen LogP contribution >= 0.6 is 0 Å². The van der Waals surface area contributed by atoms with E-state index in [1.165, 1.54) is 12.1 Å². The van der Waals surface area contributed by atoms with Crippen LogP contribution in [0.25, 0.3) is 0 Å². The van der Waals surface area contributed by atoms with E-state index in [0.29, 0.717) is 5.69 Å².